The molecule has 0 spiro atoms. The summed E-state index contributed by atoms with van der Waals surface area (Å²) in [6.45, 7) is -0.390. The predicted octanol–water partition coefficient (Wildman–Crippen LogP) is 1.78. The molecule has 0 fully saturated rings. The van der Waals surface area contributed by atoms with Gasteiger partial charge in [-0.05, 0) is 12.1 Å². The van der Waals surface area contributed by atoms with Crippen molar-refractivity contribution in [3.05, 3.63) is 34.9 Å². The second-order valence-electron chi connectivity index (χ2n) is 3.51. The van der Waals surface area contributed by atoms with Gasteiger partial charge in [0.25, 0.3) is 5.91 Å². The van der Waals surface area contributed by atoms with Gasteiger partial charge in [-0.1, -0.05) is 23.7 Å². The van der Waals surface area contributed by atoms with Crippen LogP contribution in [-0.2, 0) is 4.79 Å². The van der Waals surface area contributed by atoms with Gasteiger partial charge in [0.05, 0.1) is 23.1 Å². The predicted molar refractivity (Wildman–Crippen MR) is 65.2 cm³/mol. The second-order valence-corrected chi connectivity index (χ2v) is 3.92. The van der Waals surface area contributed by atoms with E-state index in [1.165, 1.54) is 6.07 Å². The molecule has 1 amide bonds. The van der Waals surface area contributed by atoms with Gasteiger partial charge in [0.1, 0.15) is 6.54 Å². The molecule has 94 valence electrons. The average molecular weight is 267 g/mol. The molecule has 1 N–H and O–H groups in total. The van der Waals surface area contributed by atoms with Crippen LogP contribution in [0.3, 0.4) is 0 Å². The molecule has 6 heteroatoms. The molecule has 0 atom stereocenters. The maximum atomic E-state index is 12.1. The van der Waals surface area contributed by atoms with E-state index in [0.717, 1.165) is 4.90 Å². The van der Waals surface area contributed by atoms with Gasteiger partial charge in [-0.25, -0.2) is 0 Å². The Hall–Kier alpha value is -2.06. The van der Waals surface area contributed by atoms with Crippen molar-refractivity contribution in [1.29, 1.82) is 5.26 Å². The average Bonchev–Trinajstić information content (AvgIpc) is 2.34. The topological polar surface area (TPSA) is 81.4 Å². The number of carboxylic acids is 1. The van der Waals surface area contributed by atoms with Crippen LogP contribution in [0.15, 0.2) is 24.3 Å². The van der Waals surface area contributed by atoms with Crippen LogP contribution < -0.4 is 0 Å². The zero-order chi connectivity index (χ0) is 13.5. The van der Waals surface area contributed by atoms with Crippen molar-refractivity contribution in [3.63, 3.8) is 0 Å². The fourth-order valence-corrected chi connectivity index (χ4v) is 1.62. The standard InChI is InChI=1S/C12H11ClN2O3/c13-10-5-2-1-4-9(10)12(18)15(7-3-6-14)8-11(16)17/h1-2,4-5H,3,7-8H2,(H,16,17). The smallest absolute Gasteiger partial charge is 0.323 e. The van der Waals surface area contributed by atoms with Crippen molar-refractivity contribution in [2.45, 2.75) is 6.42 Å². The third-order valence-electron chi connectivity index (χ3n) is 2.21. The number of amides is 1. The van der Waals surface area contributed by atoms with Crippen LogP contribution in [0.25, 0.3) is 0 Å². The van der Waals surface area contributed by atoms with E-state index in [2.05, 4.69) is 0 Å². The van der Waals surface area contributed by atoms with Gasteiger partial charge in [-0.3, -0.25) is 9.59 Å². The first-order chi connectivity index (χ1) is 8.56. The van der Waals surface area contributed by atoms with E-state index in [-0.39, 0.29) is 23.6 Å². The normalized spacial score (nSPS) is 9.56. The number of hydrogen-bond acceptors (Lipinski definition) is 3. The molecule has 0 radical (unpaired) electrons. The van der Waals surface area contributed by atoms with Crippen molar-refractivity contribution in [1.82, 2.24) is 4.90 Å². The Labute approximate surface area is 109 Å². The van der Waals surface area contributed by atoms with Gasteiger partial charge in [-0.2, -0.15) is 5.26 Å². The maximum Gasteiger partial charge on any atom is 0.323 e. The summed E-state index contributed by atoms with van der Waals surface area (Å²) in [4.78, 5) is 23.8. The van der Waals surface area contributed by atoms with Crippen molar-refractivity contribution < 1.29 is 14.7 Å². The van der Waals surface area contributed by atoms with Crippen LogP contribution in [0, 0.1) is 11.3 Å². The summed E-state index contributed by atoms with van der Waals surface area (Å²) in [5.74, 6) is -1.62. The van der Waals surface area contributed by atoms with Gasteiger partial charge in [0.15, 0.2) is 0 Å². The monoisotopic (exact) mass is 266 g/mol. The Morgan fingerprint density at radius 2 is 2.06 bits per heavy atom. The van der Waals surface area contributed by atoms with E-state index in [0.29, 0.717) is 0 Å². The highest BCUT2D eigenvalue weighted by Crippen LogP contribution is 2.17. The van der Waals surface area contributed by atoms with Crippen LogP contribution in [0.4, 0.5) is 0 Å². The lowest BCUT2D eigenvalue weighted by molar-refractivity contribution is -0.137. The zero-order valence-electron chi connectivity index (χ0n) is 9.47. The molecule has 18 heavy (non-hydrogen) atoms. The number of nitriles is 1. The van der Waals surface area contributed by atoms with E-state index in [1.807, 2.05) is 6.07 Å². The van der Waals surface area contributed by atoms with Crippen LogP contribution in [0.5, 0.6) is 0 Å². The zero-order valence-corrected chi connectivity index (χ0v) is 10.2. The van der Waals surface area contributed by atoms with Crippen LogP contribution in [0.1, 0.15) is 16.8 Å². The Bertz CT molecular complexity index is 496. The van der Waals surface area contributed by atoms with Gasteiger partial charge in [-0.15, -0.1) is 0 Å². The van der Waals surface area contributed by atoms with Crippen LogP contribution in [-0.4, -0.2) is 35.0 Å². The molecule has 0 aliphatic carbocycles. The van der Waals surface area contributed by atoms with Crippen molar-refractivity contribution in [2.75, 3.05) is 13.1 Å². The molecule has 5 nitrogen and oxygen atoms in total. The number of hydrogen-bond donors (Lipinski definition) is 1. The van der Waals surface area contributed by atoms with Crippen molar-refractivity contribution >= 4 is 23.5 Å². The molecule has 0 aliphatic rings. The van der Waals surface area contributed by atoms with E-state index in [4.69, 9.17) is 22.0 Å². The Kier molecular flexibility index (Phi) is 5.15. The molecular formula is C12H11ClN2O3. The van der Waals surface area contributed by atoms with Crippen LogP contribution in [0.2, 0.25) is 5.02 Å². The largest absolute Gasteiger partial charge is 0.480 e. The molecule has 0 unspecified atom stereocenters. The lowest BCUT2D eigenvalue weighted by Gasteiger charge is -2.19. The van der Waals surface area contributed by atoms with Crippen LogP contribution >= 0.6 is 11.6 Å². The Morgan fingerprint density at radius 1 is 1.39 bits per heavy atom. The number of carbonyl (C=O) groups excluding carboxylic acids is 1. The minimum Gasteiger partial charge on any atom is -0.480 e. The summed E-state index contributed by atoms with van der Waals surface area (Å²) in [6.07, 6.45) is 0.0729. The molecule has 0 saturated carbocycles. The summed E-state index contributed by atoms with van der Waals surface area (Å²) in [5, 5.41) is 17.5. The fourth-order valence-electron chi connectivity index (χ4n) is 1.41. The number of carboxylic acid groups (broad SMARTS) is 1. The lowest BCUT2D eigenvalue weighted by atomic mass is 10.2. The molecule has 1 aromatic carbocycles. The Balaban J connectivity index is 2.92. The first-order valence-corrected chi connectivity index (χ1v) is 5.56. The molecular weight excluding hydrogens is 256 g/mol. The molecule has 0 aliphatic heterocycles. The number of aliphatic carboxylic acids is 1. The SMILES string of the molecule is N#CCCN(CC(=O)O)C(=O)c1ccccc1Cl. The summed E-state index contributed by atoms with van der Waals surface area (Å²) in [6, 6.07) is 8.26. The summed E-state index contributed by atoms with van der Waals surface area (Å²) < 4.78 is 0. The summed E-state index contributed by atoms with van der Waals surface area (Å²) in [7, 11) is 0. The van der Waals surface area contributed by atoms with E-state index >= 15 is 0 Å². The highest BCUT2D eigenvalue weighted by Gasteiger charge is 2.19. The quantitative estimate of drug-likeness (QED) is 0.881. The minimum atomic E-state index is -1.13. The number of benzene rings is 1. The lowest BCUT2D eigenvalue weighted by Crippen LogP contribution is -2.36. The van der Waals surface area contributed by atoms with Crippen molar-refractivity contribution in [3.8, 4) is 6.07 Å². The molecule has 1 rings (SSSR count). The second kappa shape index (κ2) is 6.62. The minimum absolute atomic E-state index is 0.0624. The first-order valence-electron chi connectivity index (χ1n) is 5.18. The summed E-state index contributed by atoms with van der Waals surface area (Å²) >= 11 is 5.87. The maximum absolute atomic E-state index is 12.1. The Morgan fingerprint density at radius 3 is 2.61 bits per heavy atom. The molecule has 0 bridgehead atoms. The third kappa shape index (κ3) is 3.75. The van der Waals surface area contributed by atoms with Gasteiger partial charge in [0, 0.05) is 6.54 Å². The highest BCUT2D eigenvalue weighted by atomic mass is 35.5. The number of halogens is 1. The highest BCUT2D eigenvalue weighted by molar-refractivity contribution is 6.33. The van der Waals surface area contributed by atoms with Gasteiger partial charge in [0.2, 0.25) is 0 Å². The molecule has 0 aromatic heterocycles. The van der Waals surface area contributed by atoms with E-state index in [1.54, 1.807) is 18.2 Å². The number of carbonyl (C=O) groups is 2. The number of rotatable bonds is 5. The van der Waals surface area contributed by atoms with Gasteiger partial charge >= 0.3 is 5.97 Å². The molecule has 0 heterocycles. The van der Waals surface area contributed by atoms with Crippen molar-refractivity contribution in [2.24, 2.45) is 0 Å². The molecule has 0 saturated heterocycles. The number of nitrogens with zero attached hydrogens (tertiary/aromatic N) is 2. The first kappa shape index (κ1) is 14.0. The third-order valence-corrected chi connectivity index (χ3v) is 2.54. The van der Waals surface area contributed by atoms with E-state index < -0.39 is 18.4 Å². The van der Waals surface area contributed by atoms with E-state index in [9.17, 15) is 9.59 Å². The molecule has 1 aromatic rings. The fraction of sp³-hybridized carbons (Fsp3) is 0.250. The summed E-state index contributed by atoms with van der Waals surface area (Å²) in [5.41, 5.74) is 0.235. The van der Waals surface area contributed by atoms with Gasteiger partial charge < -0.3 is 10.0 Å².